The number of nitrogens with one attached hydrogen (secondary N) is 1. The number of benzene rings is 1. The summed E-state index contributed by atoms with van der Waals surface area (Å²) in [4.78, 5) is 28.1. The lowest BCUT2D eigenvalue weighted by atomic mass is 10.1. The number of hydrogen-bond acceptors (Lipinski definition) is 6. The standard InChI is InChI=1S/C22H29ClN6O/c23-19-7-2-1-6-18(19)20(28-10-3-4-11-28)16-26-21(30)17-27-12-14-29(15-13-27)22-24-8-5-9-25-22/h1-2,5-9,20H,3-4,10-17H2,(H,26,30). The van der Waals surface area contributed by atoms with Gasteiger partial charge in [-0.05, 0) is 43.6 Å². The van der Waals surface area contributed by atoms with Gasteiger partial charge in [0, 0.05) is 50.1 Å². The Balaban J connectivity index is 1.28. The normalized spacial score (nSPS) is 19.0. The number of hydrogen-bond donors (Lipinski definition) is 1. The smallest absolute Gasteiger partial charge is 0.234 e. The Bertz CT molecular complexity index is 821. The number of piperazine rings is 1. The van der Waals surface area contributed by atoms with Crippen LogP contribution in [0.1, 0.15) is 24.4 Å². The van der Waals surface area contributed by atoms with E-state index >= 15 is 0 Å². The highest BCUT2D eigenvalue weighted by atomic mass is 35.5. The summed E-state index contributed by atoms with van der Waals surface area (Å²) in [6.07, 6.45) is 5.92. The predicted octanol–water partition coefficient (Wildman–Crippen LogP) is 2.21. The van der Waals surface area contributed by atoms with Gasteiger partial charge in [-0.2, -0.15) is 0 Å². The molecule has 2 aliphatic rings. The minimum absolute atomic E-state index is 0.0654. The van der Waals surface area contributed by atoms with Gasteiger partial charge in [0.25, 0.3) is 0 Å². The summed E-state index contributed by atoms with van der Waals surface area (Å²) >= 11 is 6.47. The third-order valence-electron chi connectivity index (χ3n) is 5.91. The minimum atomic E-state index is 0.0654. The van der Waals surface area contributed by atoms with Crippen LogP contribution >= 0.6 is 11.6 Å². The quantitative estimate of drug-likeness (QED) is 0.729. The third kappa shape index (κ3) is 5.28. The van der Waals surface area contributed by atoms with Gasteiger partial charge in [-0.15, -0.1) is 0 Å². The van der Waals surface area contributed by atoms with E-state index in [1.165, 1.54) is 12.8 Å². The SMILES string of the molecule is O=C(CN1CCN(c2ncccn2)CC1)NCC(c1ccccc1Cl)N1CCCC1. The van der Waals surface area contributed by atoms with Crippen molar-refractivity contribution in [3.8, 4) is 0 Å². The van der Waals surface area contributed by atoms with E-state index in [0.29, 0.717) is 13.1 Å². The molecule has 3 heterocycles. The maximum Gasteiger partial charge on any atom is 0.234 e. The molecule has 8 heteroatoms. The average molecular weight is 429 g/mol. The molecular weight excluding hydrogens is 400 g/mol. The molecule has 1 amide bonds. The van der Waals surface area contributed by atoms with Gasteiger partial charge in [0.1, 0.15) is 0 Å². The maximum atomic E-state index is 12.7. The Kier molecular flexibility index (Phi) is 7.15. The van der Waals surface area contributed by atoms with Crippen LogP contribution in [0.5, 0.6) is 0 Å². The predicted molar refractivity (Wildman–Crippen MR) is 119 cm³/mol. The molecule has 0 bridgehead atoms. The molecular formula is C22H29ClN6O. The lowest BCUT2D eigenvalue weighted by Crippen LogP contribution is -2.50. The summed E-state index contributed by atoms with van der Waals surface area (Å²) in [6, 6.07) is 9.91. The number of carbonyl (C=O) groups excluding carboxylic acids is 1. The van der Waals surface area contributed by atoms with Crippen molar-refractivity contribution in [2.75, 3.05) is 57.3 Å². The number of nitrogens with zero attached hydrogens (tertiary/aromatic N) is 5. The van der Waals surface area contributed by atoms with Gasteiger partial charge in [-0.1, -0.05) is 29.8 Å². The molecule has 0 spiro atoms. The molecule has 4 rings (SSSR count). The lowest BCUT2D eigenvalue weighted by Gasteiger charge is -2.34. The van der Waals surface area contributed by atoms with Crippen LogP contribution in [0.15, 0.2) is 42.7 Å². The number of rotatable bonds is 7. The molecule has 7 nitrogen and oxygen atoms in total. The monoisotopic (exact) mass is 428 g/mol. The molecule has 1 atom stereocenters. The van der Waals surface area contributed by atoms with Crippen molar-refractivity contribution in [3.63, 3.8) is 0 Å². The highest BCUT2D eigenvalue weighted by Gasteiger charge is 2.26. The highest BCUT2D eigenvalue weighted by molar-refractivity contribution is 6.31. The van der Waals surface area contributed by atoms with Gasteiger partial charge < -0.3 is 10.2 Å². The van der Waals surface area contributed by atoms with E-state index in [1.54, 1.807) is 12.4 Å². The first-order valence-corrected chi connectivity index (χ1v) is 11.1. The molecule has 160 valence electrons. The van der Waals surface area contributed by atoms with Gasteiger partial charge in [0.05, 0.1) is 12.6 Å². The summed E-state index contributed by atoms with van der Waals surface area (Å²) in [5.41, 5.74) is 1.10. The highest BCUT2D eigenvalue weighted by Crippen LogP contribution is 2.29. The zero-order chi connectivity index (χ0) is 20.8. The number of aromatic nitrogens is 2. The van der Waals surface area contributed by atoms with Crippen molar-refractivity contribution >= 4 is 23.5 Å². The fourth-order valence-electron chi connectivity index (χ4n) is 4.26. The van der Waals surface area contributed by atoms with E-state index in [1.807, 2.05) is 24.3 Å². The van der Waals surface area contributed by atoms with Crippen molar-refractivity contribution < 1.29 is 4.79 Å². The number of amides is 1. The molecule has 1 aromatic carbocycles. The Morgan fingerprint density at radius 1 is 1.00 bits per heavy atom. The van der Waals surface area contributed by atoms with Crippen molar-refractivity contribution in [1.29, 1.82) is 0 Å². The Hall–Kier alpha value is -2.22. The first-order chi connectivity index (χ1) is 14.7. The zero-order valence-electron chi connectivity index (χ0n) is 17.2. The van der Waals surface area contributed by atoms with Crippen LogP contribution in [0, 0.1) is 0 Å². The van der Waals surface area contributed by atoms with Crippen molar-refractivity contribution in [2.24, 2.45) is 0 Å². The summed E-state index contributed by atoms with van der Waals surface area (Å²) in [6.45, 7) is 6.40. The van der Waals surface area contributed by atoms with Gasteiger partial charge in [-0.25, -0.2) is 9.97 Å². The zero-order valence-corrected chi connectivity index (χ0v) is 18.0. The number of halogens is 1. The Morgan fingerprint density at radius 3 is 2.40 bits per heavy atom. The Labute approximate surface area is 183 Å². The van der Waals surface area contributed by atoms with E-state index in [0.717, 1.165) is 55.8 Å². The summed E-state index contributed by atoms with van der Waals surface area (Å²) in [7, 11) is 0. The van der Waals surface area contributed by atoms with E-state index in [2.05, 4.69) is 36.1 Å². The molecule has 1 unspecified atom stereocenters. The molecule has 2 aliphatic heterocycles. The molecule has 0 aliphatic carbocycles. The number of anilines is 1. The molecule has 2 saturated heterocycles. The van der Waals surface area contributed by atoms with Crippen LogP contribution in [-0.2, 0) is 4.79 Å². The lowest BCUT2D eigenvalue weighted by molar-refractivity contribution is -0.122. The van der Waals surface area contributed by atoms with Crippen LogP contribution in [0.2, 0.25) is 5.02 Å². The van der Waals surface area contributed by atoms with Crippen LogP contribution in [0.25, 0.3) is 0 Å². The van der Waals surface area contributed by atoms with Crippen LogP contribution in [0.4, 0.5) is 5.95 Å². The van der Waals surface area contributed by atoms with Crippen molar-refractivity contribution in [1.82, 2.24) is 25.1 Å². The maximum absolute atomic E-state index is 12.7. The molecule has 1 N–H and O–H groups in total. The molecule has 30 heavy (non-hydrogen) atoms. The van der Waals surface area contributed by atoms with Gasteiger partial charge in [-0.3, -0.25) is 14.6 Å². The number of likely N-dealkylation sites (tertiary alicyclic amines) is 1. The topological polar surface area (TPSA) is 64.6 Å². The minimum Gasteiger partial charge on any atom is -0.353 e. The molecule has 0 saturated carbocycles. The first kappa shape index (κ1) is 21.0. The molecule has 2 aromatic rings. The fourth-order valence-corrected chi connectivity index (χ4v) is 4.53. The Morgan fingerprint density at radius 2 is 1.70 bits per heavy atom. The summed E-state index contributed by atoms with van der Waals surface area (Å²) < 4.78 is 0. The summed E-state index contributed by atoms with van der Waals surface area (Å²) in [5.74, 6) is 0.824. The van der Waals surface area contributed by atoms with E-state index in [4.69, 9.17) is 11.6 Å². The van der Waals surface area contributed by atoms with E-state index < -0.39 is 0 Å². The van der Waals surface area contributed by atoms with Gasteiger partial charge >= 0.3 is 0 Å². The van der Waals surface area contributed by atoms with E-state index in [9.17, 15) is 4.79 Å². The third-order valence-corrected chi connectivity index (χ3v) is 6.26. The second-order valence-electron chi connectivity index (χ2n) is 7.90. The van der Waals surface area contributed by atoms with Gasteiger partial charge in [0.15, 0.2) is 0 Å². The second-order valence-corrected chi connectivity index (χ2v) is 8.30. The largest absolute Gasteiger partial charge is 0.353 e. The average Bonchev–Trinajstić information content (AvgIpc) is 3.31. The van der Waals surface area contributed by atoms with Crippen LogP contribution in [-0.4, -0.2) is 78.0 Å². The van der Waals surface area contributed by atoms with E-state index in [-0.39, 0.29) is 11.9 Å². The second kappa shape index (κ2) is 10.2. The summed E-state index contributed by atoms with van der Waals surface area (Å²) in [5, 5.41) is 3.92. The first-order valence-electron chi connectivity index (χ1n) is 10.7. The fraction of sp³-hybridized carbons (Fsp3) is 0.500. The van der Waals surface area contributed by atoms with Crippen LogP contribution < -0.4 is 10.2 Å². The molecule has 2 fully saturated rings. The van der Waals surface area contributed by atoms with Crippen LogP contribution in [0.3, 0.4) is 0 Å². The molecule has 0 radical (unpaired) electrons. The van der Waals surface area contributed by atoms with Crippen molar-refractivity contribution in [2.45, 2.75) is 18.9 Å². The number of carbonyl (C=O) groups is 1. The van der Waals surface area contributed by atoms with Crippen molar-refractivity contribution in [3.05, 3.63) is 53.3 Å². The molecule has 1 aromatic heterocycles. The van der Waals surface area contributed by atoms with Gasteiger partial charge in [0.2, 0.25) is 11.9 Å².